The zero-order valence-corrected chi connectivity index (χ0v) is 10.9. The summed E-state index contributed by atoms with van der Waals surface area (Å²) in [5, 5.41) is 21.5. The lowest BCUT2D eigenvalue weighted by Gasteiger charge is -2.23. The van der Waals surface area contributed by atoms with E-state index in [1.807, 2.05) is 24.3 Å². The monoisotopic (exact) mass is 251 g/mol. The van der Waals surface area contributed by atoms with E-state index in [0.717, 1.165) is 29.2 Å². The van der Waals surface area contributed by atoms with Crippen molar-refractivity contribution in [3.05, 3.63) is 41.5 Å². The Bertz CT molecular complexity index is 648. The second-order valence-electron chi connectivity index (χ2n) is 5.36. The van der Waals surface area contributed by atoms with Crippen molar-refractivity contribution in [3.8, 4) is 11.8 Å². The lowest BCUT2D eigenvalue weighted by atomic mass is 9.81. The van der Waals surface area contributed by atoms with Gasteiger partial charge in [-0.25, -0.2) is 0 Å². The van der Waals surface area contributed by atoms with E-state index in [9.17, 15) is 10.4 Å². The van der Waals surface area contributed by atoms with E-state index in [1.54, 1.807) is 0 Å². The Labute approximate surface area is 113 Å². The molecule has 2 aromatic rings. The molecular formula is C17H17NO. The molecular weight excluding hydrogens is 234 g/mol. The van der Waals surface area contributed by atoms with Gasteiger partial charge >= 0.3 is 0 Å². The van der Waals surface area contributed by atoms with Gasteiger partial charge in [-0.2, -0.15) is 5.26 Å². The minimum absolute atomic E-state index is 0.154. The molecule has 0 aromatic heterocycles. The molecule has 19 heavy (non-hydrogen) atoms. The van der Waals surface area contributed by atoms with E-state index in [-0.39, 0.29) is 5.75 Å². The average molecular weight is 251 g/mol. The number of hydrogen-bond acceptors (Lipinski definition) is 2. The number of rotatable bonds is 1. The summed E-state index contributed by atoms with van der Waals surface area (Å²) in [5.41, 5.74) is 1.52. The molecule has 0 amide bonds. The lowest BCUT2D eigenvalue weighted by Crippen LogP contribution is -2.06. The number of benzene rings is 2. The van der Waals surface area contributed by atoms with Crippen LogP contribution in [0, 0.1) is 11.3 Å². The molecule has 2 aromatic carbocycles. The summed E-state index contributed by atoms with van der Waals surface area (Å²) in [6.45, 7) is 0. The highest BCUT2D eigenvalue weighted by Gasteiger charge is 2.21. The Morgan fingerprint density at radius 2 is 1.84 bits per heavy atom. The third kappa shape index (κ3) is 2.06. The second kappa shape index (κ2) is 4.93. The summed E-state index contributed by atoms with van der Waals surface area (Å²) >= 11 is 0. The number of nitrogens with zero attached hydrogens (tertiary/aromatic N) is 1. The van der Waals surface area contributed by atoms with Crippen molar-refractivity contribution in [1.82, 2.24) is 0 Å². The fourth-order valence-corrected chi connectivity index (χ4v) is 3.20. The molecule has 1 aliphatic carbocycles. The van der Waals surface area contributed by atoms with Gasteiger partial charge in [-0.3, -0.25) is 0 Å². The largest absolute Gasteiger partial charge is 0.506 e. The lowest BCUT2D eigenvalue weighted by molar-refractivity contribution is 0.438. The molecule has 0 spiro atoms. The summed E-state index contributed by atoms with van der Waals surface area (Å²) in [7, 11) is 0. The molecule has 1 N–H and O–H groups in total. The van der Waals surface area contributed by atoms with Gasteiger partial charge in [0.15, 0.2) is 0 Å². The standard InChI is InChI=1S/C17H17NO/c18-11-16-15(12-6-2-1-3-7-12)10-13-8-4-5-9-14(13)17(16)19/h4-5,8-10,12,19H,1-3,6-7H2. The van der Waals surface area contributed by atoms with Crippen LogP contribution in [0.4, 0.5) is 0 Å². The molecule has 96 valence electrons. The zero-order valence-electron chi connectivity index (χ0n) is 10.9. The molecule has 2 nitrogen and oxygen atoms in total. The number of aromatic hydroxyl groups is 1. The maximum atomic E-state index is 10.3. The topological polar surface area (TPSA) is 44.0 Å². The third-order valence-electron chi connectivity index (χ3n) is 4.21. The van der Waals surface area contributed by atoms with Crippen LogP contribution < -0.4 is 0 Å². The van der Waals surface area contributed by atoms with E-state index >= 15 is 0 Å². The van der Waals surface area contributed by atoms with E-state index in [0.29, 0.717) is 11.5 Å². The van der Waals surface area contributed by atoms with Crippen LogP contribution in [0.15, 0.2) is 30.3 Å². The Hall–Kier alpha value is -2.01. The number of phenolic OH excluding ortho intramolecular Hbond substituents is 1. The van der Waals surface area contributed by atoms with Crippen LogP contribution in [0.3, 0.4) is 0 Å². The molecule has 0 atom stereocenters. The van der Waals surface area contributed by atoms with Crippen LogP contribution in [0.1, 0.15) is 49.1 Å². The van der Waals surface area contributed by atoms with Gasteiger partial charge in [0, 0.05) is 5.39 Å². The average Bonchev–Trinajstić information content (AvgIpc) is 2.48. The number of phenols is 1. The normalized spacial score (nSPS) is 16.4. The summed E-state index contributed by atoms with van der Waals surface area (Å²) in [5.74, 6) is 0.583. The maximum Gasteiger partial charge on any atom is 0.141 e. The van der Waals surface area contributed by atoms with Crippen LogP contribution in [-0.4, -0.2) is 5.11 Å². The van der Waals surface area contributed by atoms with Crippen LogP contribution in [0.25, 0.3) is 10.8 Å². The highest BCUT2D eigenvalue weighted by molar-refractivity contribution is 5.91. The van der Waals surface area contributed by atoms with Crippen molar-refractivity contribution in [1.29, 1.82) is 5.26 Å². The van der Waals surface area contributed by atoms with Gasteiger partial charge in [0.2, 0.25) is 0 Å². The van der Waals surface area contributed by atoms with Crippen molar-refractivity contribution in [3.63, 3.8) is 0 Å². The first kappa shape index (κ1) is 12.0. The van der Waals surface area contributed by atoms with Crippen molar-refractivity contribution in [2.75, 3.05) is 0 Å². The van der Waals surface area contributed by atoms with Gasteiger partial charge in [-0.05, 0) is 35.8 Å². The van der Waals surface area contributed by atoms with E-state index in [2.05, 4.69) is 12.1 Å². The van der Waals surface area contributed by atoms with Gasteiger partial charge in [0.25, 0.3) is 0 Å². The predicted molar refractivity (Wildman–Crippen MR) is 76.2 cm³/mol. The van der Waals surface area contributed by atoms with Crippen molar-refractivity contribution in [2.45, 2.75) is 38.0 Å². The third-order valence-corrected chi connectivity index (χ3v) is 4.21. The molecule has 0 saturated heterocycles. The molecule has 3 rings (SSSR count). The van der Waals surface area contributed by atoms with E-state index in [1.165, 1.54) is 19.3 Å². The Kier molecular flexibility index (Phi) is 3.13. The Morgan fingerprint density at radius 3 is 2.58 bits per heavy atom. The summed E-state index contributed by atoms with van der Waals surface area (Å²) in [6, 6.07) is 12.0. The minimum Gasteiger partial charge on any atom is -0.506 e. The Balaban J connectivity index is 2.20. The van der Waals surface area contributed by atoms with Crippen LogP contribution in [-0.2, 0) is 0 Å². The van der Waals surface area contributed by atoms with Crippen molar-refractivity contribution < 1.29 is 5.11 Å². The smallest absolute Gasteiger partial charge is 0.141 e. The molecule has 0 unspecified atom stereocenters. The van der Waals surface area contributed by atoms with Gasteiger partial charge in [0.1, 0.15) is 11.8 Å². The number of nitriles is 1. The highest BCUT2D eigenvalue weighted by atomic mass is 16.3. The van der Waals surface area contributed by atoms with E-state index in [4.69, 9.17) is 0 Å². The van der Waals surface area contributed by atoms with Gasteiger partial charge in [0.05, 0.1) is 5.56 Å². The van der Waals surface area contributed by atoms with Crippen molar-refractivity contribution >= 4 is 10.8 Å². The number of fused-ring (bicyclic) bond motifs is 1. The fourth-order valence-electron chi connectivity index (χ4n) is 3.20. The fraction of sp³-hybridized carbons (Fsp3) is 0.353. The number of hydrogen-bond donors (Lipinski definition) is 1. The van der Waals surface area contributed by atoms with Crippen LogP contribution in [0.2, 0.25) is 0 Å². The molecule has 0 radical (unpaired) electrons. The molecule has 0 heterocycles. The summed E-state index contributed by atoms with van der Waals surface area (Å²) in [4.78, 5) is 0. The SMILES string of the molecule is N#Cc1c(C2CCCCC2)cc2ccccc2c1O. The molecule has 1 saturated carbocycles. The summed E-state index contributed by atoms with van der Waals surface area (Å²) < 4.78 is 0. The molecule has 1 fully saturated rings. The predicted octanol–water partition coefficient (Wildman–Crippen LogP) is 4.46. The molecule has 0 aliphatic heterocycles. The molecule has 1 aliphatic rings. The minimum atomic E-state index is 0.154. The van der Waals surface area contributed by atoms with Crippen LogP contribution >= 0.6 is 0 Å². The second-order valence-corrected chi connectivity index (χ2v) is 5.36. The quantitative estimate of drug-likeness (QED) is 0.812. The van der Waals surface area contributed by atoms with Gasteiger partial charge in [-0.1, -0.05) is 43.5 Å². The first-order valence-corrected chi connectivity index (χ1v) is 6.96. The summed E-state index contributed by atoms with van der Waals surface area (Å²) in [6.07, 6.45) is 6.00. The van der Waals surface area contributed by atoms with Gasteiger partial charge < -0.3 is 5.11 Å². The molecule has 2 heteroatoms. The van der Waals surface area contributed by atoms with Gasteiger partial charge in [-0.15, -0.1) is 0 Å². The van der Waals surface area contributed by atoms with Crippen molar-refractivity contribution in [2.24, 2.45) is 0 Å². The van der Waals surface area contributed by atoms with E-state index < -0.39 is 0 Å². The van der Waals surface area contributed by atoms with Crippen LogP contribution in [0.5, 0.6) is 5.75 Å². The highest BCUT2D eigenvalue weighted by Crippen LogP contribution is 2.40. The molecule has 0 bridgehead atoms. The Morgan fingerprint density at radius 1 is 1.11 bits per heavy atom. The first-order chi connectivity index (χ1) is 9.31. The first-order valence-electron chi connectivity index (χ1n) is 6.96. The maximum absolute atomic E-state index is 10.3. The zero-order chi connectivity index (χ0) is 13.2.